The molecule has 3 heterocycles. The van der Waals surface area contributed by atoms with Crippen LogP contribution in [0.5, 0.6) is 5.75 Å². The van der Waals surface area contributed by atoms with Crippen molar-refractivity contribution in [2.75, 3.05) is 12.4 Å². The molecule has 134 valence electrons. The van der Waals surface area contributed by atoms with E-state index in [1.807, 2.05) is 35.6 Å². The topological polar surface area (TPSA) is 62.3 Å². The number of benzene rings is 1. The minimum absolute atomic E-state index is 0.468. The van der Waals surface area contributed by atoms with Gasteiger partial charge in [0.2, 0.25) is 0 Å². The van der Waals surface area contributed by atoms with Crippen molar-refractivity contribution in [1.29, 1.82) is 5.26 Å². The van der Waals surface area contributed by atoms with E-state index < -0.39 is 0 Å². The number of rotatable bonds is 4. The maximum Gasteiger partial charge on any atom is 0.156 e. The van der Waals surface area contributed by atoms with Crippen LogP contribution in [0.4, 0.5) is 10.7 Å². The molecular weight excluding hydrogens is 380 g/mol. The summed E-state index contributed by atoms with van der Waals surface area (Å²) < 4.78 is 7.07. The number of nitrogens with zero attached hydrogens (tertiary/aromatic N) is 3. The molecule has 0 fully saturated rings. The van der Waals surface area contributed by atoms with Gasteiger partial charge < -0.3 is 10.1 Å². The Hall–Kier alpha value is -3.01. The molecule has 0 atom stereocenters. The molecule has 1 N–H and O–H groups in total. The number of imidazole rings is 1. The molecule has 27 heavy (non-hydrogen) atoms. The fourth-order valence-electron chi connectivity index (χ4n) is 2.97. The van der Waals surface area contributed by atoms with E-state index in [0.29, 0.717) is 16.2 Å². The Morgan fingerprint density at radius 3 is 2.74 bits per heavy atom. The normalized spacial score (nSPS) is 10.7. The summed E-state index contributed by atoms with van der Waals surface area (Å²) in [6.45, 7) is 1.94. The monoisotopic (exact) mass is 394 g/mol. The molecule has 0 saturated carbocycles. The first-order valence-corrected chi connectivity index (χ1v) is 9.43. The molecule has 0 saturated heterocycles. The van der Waals surface area contributed by atoms with Crippen LogP contribution in [0.1, 0.15) is 11.3 Å². The summed E-state index contributed by atoms with van der Waals surface area (Å²) in [6, 6.07) is 13.6. The number of thiophene rings is 1. The molecular formula is C20H15ClN4OS. The van der Waals surface area contributed by atoms with Gasteiger partial charge in [-0.3, -0.25) is 4.40 Å². The number of hydrogen-bond donors (Lipinski definition) is 1. The zero-order chi connectivity index (χ0) is 19.0. The van der Waals surface area contributed by atoms with Gasteiger partial charge in [-0.1, -0.05) is 11.6 Å². The summed E-state index contributed by atoms with van der Waals surface area (Å²) in [5, 5.41) is 16.2. The van der Waals surface area contributed by atoms with Crippen molar-refractivity contribution in [2.45, 2.75) is 6.92 Å². The predicted octanol–water partition coefficient (Wildman–Crippen LogP) is 5.65. The second kappa shape index (κ2) is 6.95. The number of aryl methyl sites for hydroxylation is 1. The molecule has 7 heteroatoms. The van der Waals surface area contributed by atoms with Crippen molar-refractivity contribution >= 4 is 39.3 Å². The average Bonchev–Trinajstić information content (AvgIpc) is 3.25. The molecule has 0 spiro atoms. The van der Waals surface area contributed by atoms with Gasteiger partial charge in [-0.2, -0.15) is 5.26 Å². The third-order valence-electron chi connectivity index (χ3n) is 4.21. The zero-order valence-corrected chi connectivity index (χ0v) is 16.2. The number of nitrogens with one attached hydrogen (secondary N) is 1. The van der Waals surface area contributed by atoms with Crippen LogP contribution in [0.15, 0.2) is 48.0 Å². The Morgan fingerprint density at radius 1 is 1.26 bits per heavy atom. The Bertz CT molecular complexity index is 1170. The summed E-state index contributed by atoms with van der Waals surface area (Å²) in [5.41, 5.74) is 4.95. The van der Waals surface area contributed by atoms with Gasteiger partial charge in [0.15, 0.2) is 5.65 Å². The second-order valence-electron chi connectivity index (χ2n) is 5.98. The lowest BCUT2D eigenvalue weighted by Gasteiger charge is -2.05. The van der Waals surface area contributed by atoms with Crippen molar-refractivity contribution in [3.8, 4) is 23.1 Å². The molecule has 4 aromatic rings. The fraction of sp³-hybridized carbons (Fsp3) is 0.100. The Kier molecular flexibility index (Phi) is 4.48. The van der Waals surface area contributed by atoms with Gasteiger partial charge in [-0.25, -0.2) is 4.98 Å². The highest BCUT2D eigenvalue weighted by molar-refractivity contribution is 7.14. The molecule has 4 rings (SSSR count). The van der Waals surface area contributed by atoms with E-state index in [4.69, 9.17) is 16.3 Å². The van der Waals surface area contributed by atoms with Gasteiger partial charge in [-0.05, 0) is 43.3 Å². The predicted molar refractivity (Wildman–Crippen MR) is 109 cm³/mol. The van der Waals surface area contributed by atoms with Crippen LogP contribution in [0.3, 0.4) is 0 Å². The summed E-state index contributed by atoms with van der Waals surface area (Å²) >= 11 is 7.90. The lowest BCUT2D eigenvalue weighted by molar-refractivity contribution is 0.415. The molecule has 0 aliphatic heterocycles. The van der Waals surface area contributed by atoms with Crippen molar-refractivity contribution in [1.82, 2.24) is 9.38 Å². The summed E-state index contributed by atoms with van der Waals surface area (Å²) in [5.74, 6) is 0.818. The van der Waals surface area contributed by atoms with E-state index in [9.17, 15) is 5.26 Å². The molecule has 0 bridgehead atoms. The largest absolute Gasteiger partial charge is 0.497 e. The Morgan fingerprint density at radius 2 is 2.04 bits per heavy atom. The van der Waals surface area contributed by atoms with Crippen molar-refractivity contribution in [3.63, 3.8) is 0 Å². The number of anilines is 2. The Labute approximate surface area is 165 Å². The highest BCUT2D eigenvalue weighted by Crippen LogP contribution is 2.35. The Balaban J connectivity index is 1.71. The first kappa shape index (κ1) is 17.4. The van der Waals surface area contributed by atoms with Crippen LogP contribution in [0.2, 0.25) is 5.02 Å². The molecule has 0 amide bonds. The molecule has 0 aliphatic rings. The van der Waals surface area contributed by atoms with Gasteiger partial charge in [-0.15, -0.1) is 11.3 Å². The molecule has 3 aromatic heterocycles. The van der Waals surface area contributed by atoms with E-state index in [0.717, 1.165) is 33.4 Å². The third kappa shape index (κ3) is 3.23. The van der Waals surface area contributed by atoms with Crippen LogP contribution in [-0.2, 0) is 0 Å². The third-order valence-corrected chi connectivity index (χ3v) is 5.33. The standard InChI is InChI=1S/C20H15ClN4OS/c1-12-19(25-10-13(9-22)7-17(21)20(25)23-12)14-8-18(27-11-14)24-15-3-5-16(26-2)6-4-15/h3-8,10-11,24H,1-2H3. The van der Waals surface area contributed by atoms with Crippen molar-refractivity contribution < 1.29 is 4.74 Å². The summed E-state index contributed by atoms with van der Waals surface area (Å²) in [7, 11) is 1.65. The van der Waals surface area contributed by atoms with Crippen LogP contribution in [0, 0.1) is 18.3 Å². The van der Waals surface area contributed by atoms with Gasteiger partial charge in [0.25, 0.3) is 0 Å². The number of pyridine rings is 1. The number of fused-ring (bicyclic) bond motifs is 1. The van der Waals surface area contributed by atoms with Crippen LogP contribution in [0.25, 0.3) is 16.9 Å². The van der Waals surface area contributed by atoms with E-state index in [1.54, 1.807) is 30.7 Å². The number of ether oxygens (including phenoxy) is 1. The molecule has 0 radical (unpaired) electrons. The van der Waals surface area contributed by atoms with Crippen LogP contribution < -0.4 is 10.1 Å². The van der Waals surface area contributed by atoms with E-state index in [-0.39, 0.29) is 0 Å². The minimum Gasteiger partial charge on any atom is -0.497 e. The highest BCUT2D eigenvalue weighted by Gasteiger charge is 2.16. The van der Waals surface area contributed by atoms with Crippen molar-refractivity contribution in [3.05, 3.63) is 64.3 Å². The fourth-order valence-corrected chi connectivity index (χ4v) is 4.03. The van der Waals surface area contributed by atoms with Gasteiger partial charge in [0.1, 0.15) is 11.8 Å². The molecule has 0 aliphatic carbocycles. The van der Waals surface area contributed by atoms with Gasteiger partial charge in [0, 0.05) is 22.8 Å². The van der Waals surface area contributed by atoms with E-state index in [1.165, 1.54) is 0 Å². The van der Waals surface area contributed by atoms with Gasteiger partial charge in [0.05, 0.1) is 34.1 Å². The maximum atomic E-state index is 9.24. The first-order valence-electron chi connectivity index (χ1n) is 8.17. The SMILES string of the molecule is COc1ccc(Nc2cc(-c3c(C)nc4c(Cl)cc(C#N)cn34)cs2)cc1. The highest BCUT2D eigenvalue weighted by atomic mass is 35.5. The zero-order valence-electron chi connectivity index (χ0n) is 14.7. The van der Waals surface area contributed by atoms with E-state index in [2.05, 4.69) is 27.8 Å². The number of methoxy groups -OCH3 is 1. The molecule has 5 nitrogen and oxygen atoms in total. The lowest BCUT2D eigenvalue weighted by Crippen LogP contribution is -1.91. The van der Waals surface area contributed by atoms with E-state index >= 15 is 0 Å². The van der Waals surface area contributed by atoms with Crippen LogP contribution >= 0.6 is 22.9 Å². The molecule has 0 unspecified atom stereocenters. The minimum atomic E-state index is 0.468. The quantitative estimate of drug-likeness (QED) is 0.486. The number of hydrogen-bond acceptors (Lipinski definition) is 5. The number of nitriles is 1. The lowest BCUT2D eigenvalue weighted by atomic mass is 10.2. The van der Waals surface area contributed by atoms with Gasteiger partial charge >= 0.3 is 0 Å². The number of halogens is 1. The maximum absolute atomic E-state index is 9.24. The van der Waals surface area contributed by atoms with Crippen molar-refractivity contribution in [2.24, 2.45) is 0 Å². The smallest absolute Gasteiger partial charge is 0.156 e. The molecule has 1 aromatic carbocycles. The summed E-state index contributed by atoms with van der Waals surface area (Å²) in [4.78, 5) is 4.57. The summed E-state index contributed by atoms with van der Waals surface area (Å²) in [6.07, 6.45) is 1.77. The van der Waals surface area contributed by atoms with Crippen LogP contribution in [-0.4, -0.2) is 16.5 Å². The second-order valence-corrected chi connectivity index (χ2v) is 7.30. The first-order chi connectivity index (χ1) is 13.1. The number of aromatic nitrogens is 2. The average molecular weight is 395 g/mol.